The first-order valence-electron chi connectivity index (χ1n) is 12.3. The van der Waals surface area contributed by atoms with Gasteiger partial charge in [0.15, 0.2) is 0 Å². The number of aromatic hydroxyl groups is 2. The summed E-state index contributed by atoms with van der Waals surface area (Å²) in [6.45, 7) is 0. The zero-order chi connectivity index (χ0) is 28.1. The highest BCUT2D eigenvalue weighted by Crippen LogP contribution is 2.50. The minimum Gasteiger partial charge on any atom is -0.506 e. The summed E-state index contributed by atoms with van der Waals surface area (Å²) in [5.74, 6) is -1.17. The number of hydrogen-bond donors (Lipinski definition) is 2. The van der Waals surface area contributed by atoms with Gasteiger partial charge in [0.25, 0.3) is 0 Å². The molecule has 6 aromatic rings. The van der Waals surface area contributed by atoms with Gasteiger partial charge in [-0.15, -0.1) is 0 Å². The van der Waals surface area contributed by atoms with Gasteiger partial charge in [-0.3, -0.25) is 0 Å². The third kappa shape index (κ3) is 4.00. The minimum atomic E-state index is -4.19. The summed E-state index contributed by atoms with van der Waals surface area (Å²) < 4.78 is 54.9. The summed E-state index contributed by atoms with van der Waals surface area (Å²) in [5, 5.41) is 25.3. The lowest BCUT2D eigenvalue weighted by Crippen LogP contribution is -2.05. The fourth-order valence-electron chi connectivity index (χ4n) is 4.99. The fraction of sp³-hybridized carbons (Fsp3) is 0. The van der Waals surface area contributed by atoms with E-state index in [9.17, 15) is 27.0 Å². The van der Waals surface area contributed by atoms with E-state index in [2.05, 4.69) is 0 Å². The maximum Gasteiger partial charge on any atom is 0.210 e. The minimum absolute atomic E-state index is 0.0129. The van der Waals surface area contributed by atoms with Gasteiger partial charge in [0.2, 0.25) is 19.7 Å². The summed E-state index contributed by atoms with van der Waals surface area (Å²) in [5.41, 5.74) is 0.0397. The van der Waals surface area contributed by atoms with Crippen molar-refractivity contribution in [3.8, 4) is 22.6 Å². The standard InChI is InChI=1S/C32H22O6S2/c33-31-27(39(35,36)23-13-3-1-4-14-23)19-21-11-7-9-17-25(21)29(31)30-26-18-10-8-12-22(26)20-28(32(30)34)40(37,38)24-15-5-2-6-16-24/h1-20,33-34H. The van der Waals surface area contributed by atoms with E-state index in [0.717, 1.165) is 0 Å². The van der Waals surface area contributed by atoms with Gasteiger partial charge in [-0.1, -0.05) is 84.9 Å². The molecule has 2 N–H and O–H groups in total. The molecule has 0 saturated carbocycles. The van der Waals surface area contributed by atoms with Crippen molar-refractivity contribution in [2.24, 2.45) is 0 Å². The van der Waals surface area contributed by atoms with Gasteiger partial charge < -0.3 is 10.2 Å². The molecule has 0 spiro atoms. The van der Waals surface area contributed by atoms with Crippen LogP contribution >= 0.6 is 0 Å². The molecular formula is C32H22O6S2. The highest BCUT2D eigenvalue weighted by molar-refractivity contribution is 7.92. The quantitative estimate of drug-likeness (QED) is 0.239. The van der Waals surface area contributed by atoms with Crippen molar-refractivity contribution in [3.63, 3.8) is 0 Å². The molecule has 0 aliphatic rings. The van der Waals surface area contributed by atoms with Gasteiger partial charge in [0.05, 0.1) is 9.79 Å². The average molecular weight is 567 g/mol. The Kier molecular flexibility index (Phi) is 6.09. The summed E-state index contributed by atoms with van der Waals surface area (Å²) in [4.78, 5) is -0.735. The van der Waals surface area contributed by atoms with Gasteiger partial charge in [0.1, 0.15) is 21.3 Å². The zero-order valence-electron chi connectivity index (χ0n) is 20.9. The second-order valence-corrected chi connectivity index (χ2v) is 13.1. The van der Waals surface area contributed by atoms with E-state index in [1.54, 1.807) is 84.9 Å². The molecular weight excluding hydrogens is 544 g/mol. The summed E-state index contributed by atoms with van der Waals surface area (Å²) in [6.07, 6.45) is 0. The number of benzene rings is 6. The van der Waals surface area contributed by atoms with Crippen LogP contribution in [0.5, 0.6) is 11.5 Å². The van der Waals surface area contributed by atoms with Crippen LogP contribution in [0.2, 0.25) is 0 Å². The van der Waals surface area contributed by atoms with Crippen molar-refractivity contribution in [3.05, 3.63) is 121 Å². The third-order valence-corrected chi connectivity index (χ3v) is 10.5. The molecule has 0 aliphatic heterocycles. The fourth-order valence-corrected chi connectivity index (χ4v) is 7.81. The SMILES string of the molecule is O=S(=O)(c1ccccc1)c1cc2ccccc2c(-c2c(O)c(S(=O)(=O)c3ccccc3)cc3ccccc23)c1O. The maximum absolute atomic E-state index is 13.7. The lowest BCUT2D eigenvalue weighted by atomic mass is 9.92. The summed E-state index contributed by atoms with van der Waals surface area (Å²) in [6, 6.07) is 31.9. The van der Waals surface area contributed by atoms with Crippen LogP contribution in [0.1, 0.15) is 0 Å². The molecule has 40 heavy (non-hydrogen) atoms. The molecule has 6 aromatic carbocycles. The molecule has 6 nitrogen and oxygen atoms in total. The van der Waals surface area contributed by atoms with Crippen LogP contribution in [0.3, 0.4) is 0 Å². The van der Waals surface area contributed by atoms with E-state index in [-0.39, 0.29) is 30.7 Å². The van der Waals surface area contributed by atoms with Crippen molar-refractivity contribution in [2.75, 3.05) is 0 Å². The Morgan fingerprint density at radius 2 is 0.750 bits per heavy atom. The molecule has 0 unspecified atom stereocenters. The van der Waals surface area contributed by atoms with E-state index >= 15 is 0 Å². The molecule has 0 aromatic heterocycles. The normalized spacial score (nSPS) is 12.1. The van der Waals surface area contributed by atoms with Crippen LogP contribution in [0.4, 0.5) is 0 Å². The van der Waals surface area contributed by atoms with Gasteiger partial charge in [-0.05, 0) is 57.9 Å². The van der Waals surface area contributed by atoms with Crippen LogP contribution in [0.25, 0.3) is 32.7 Å². The first kappa shape index (κ1) is 25.6. The number of sulfone groups is 2. The van der Waals surface area contributed by atoms with E-state index in [1.165, 1.54) is 36.4 Å². The van der Waals surface area contributed by atoms with Crippen LogP contribution in [-0.2, 0) is 19.7 Å². The highest BCUT2D eigenvalue weighted by atomic mass is 32.2. The van der Waals surface area contributed by atoms with Crippen molar-refractivity contribution in [2.45, 2.75) is 19.6 Å². The van der Waals surface area contributed by atoms with E-state index in [4.69, 9.17) is 0 Å². The first-order chi connectivity index (χ1) is 19.2. The van der Waals surface area contributed by atoms with Crippen molar-refractivity contribution >= 4 is 41.2 Å². The second kappa shape index (κ2) is 9.51. The van der Waals surface area contributed by atoms with Gasteiger partial charge in [-0.2, -0.15) is 0 Å². The molecule has 6 rings (SSSR count). The van der Waals surface area contributed by atoms with Gasteiger partial charge >= 0.3 is 0 Å². The largest absolute Gasteiger partial charge is 0.506 e. The number of phenolic OH excluding ortho intramolecular Hbond substituents is 2. The van der Waals surface area contributed by atoms with Crippen LogP contribution < -0.4 is 0 Å². The Morgan fingerprint density at radius 3 is 1.12 bits per heavy atom. The predicted molar refractivity (Wildman–Crippen MR) is 154 cm³/mol. The lowest BCUT2D eigenvalue weighted by molar-refractivity contribution is 0.453. The molecule has 0 heterocycles. The van der Waals surface area contributed by atoms with Crippen molar-refractivity contribution in [1.82, 2.24) is 0 Å². The molecule has 0 radical (unpaired) electrons. The Labute approximate surface area is 231 Å². The topological polar surface area (TPSA) is 109 Å². The van der Waals surface area contributed by atoms with Crippen LogP contribution in [0.15, 0.2) is 141 Å². The van der Waals surface area contributed by atoms with Crippen molar-refractivity contribution < 1.29 is 27.0 Å². The van der Waals surface area contributed by atoms with Crippen molar-refractivity contribution in [1.29, 1.82) is 0 Å². The van der Waals surface area contributed by atoms with Gasteiger partial charge in [0, 0.05) is 11.1 Å². The maximum atomic E-state index is 13.7. The van der Waals surface area contributed by atoms with E-state index in [1.807, 2.05) is 0 Å². The van der Waals surface area contributed by atoms with Crippen LogP contribution in [0, 0.1) is 0 Å². The van der Waals surface area contributed by atoms with E-state index in [0.29, 0.717) is 21.5 Å². The molecule has 0 saturated heterocycles. The summed E-state index contributed by atoms with van der Waals surface area (Å²) in [7, 11) is -8.38. The van der Waals surface area contributed by atoms with Gasteiger partial charge in [-0.25, -0.2) is 16.8 Å². The zero-order valence-corrected chi connectivity index (χ0v) is 22.5. The lowest BCUT2D eigenvalue weighted by Gasteiger charge is -2.19. The number of fused-ring (bicyclic) bond motifs is 2. The number of phenols is 2. The average Bonchev–Trinajstić information content (AvgIpc) is 2.98. The molecule has 0 aliphatic carbocycles. The Bertz CT molecular complexity index is 1980. The highest BCUT2D eigenvalue weighted by Gasteiger charge is 2.31. The molecule has 8 heteroatoms. The van der Waals surface area contributed by atoms with E-state index < -0.39 is 31.2 Å². The molecule has 0 bridgehead atoms. The number of rotatable bonds is 5. The molecule has 0 amide bonds. The predicted octanol–water partition coefficient (Wildman–Crippen LogP) is 6.74. The monoisotopic (exact) mass is 566 g/mol. The molecule has 0 atom stereocenters. The smallest absolute Gasteiger partial charge is 0.210 e. The first-order valence-corrected chi connectivity index (χ1v) is 15.3. The Hall–Kier alpha value is -4.66. The molecule has 0 fully saturated rings. The molecule has 198 valence electrons. The number of hydrogen-bond acceptors (Lipinski definition) is 6. The Morgan fingerprint density at radius 1 is 0.425 bits per heavy atom. The van der Waals surface area contributed by atoms with Crippen LogP contribution in [-0.4, -0.2) is 27.0 Å². The summed E-state index contributed by atoms with van der Waals surface area (Å²) >= 11 is 0. The second-order valence-electron chi connectivity index (χ2n) is 9.27. The third-order valence-electron chi connectivity index (χ3n) is 6.91. The Balaban J connectivity index is 1.76.